The molecule has 0 amide bonds. The highest BCUT2D eigenvalue weighted by Crippen LogP contribution is 2.56. The Morgan fingerprint density at radius 1 is 0.188 bits per heavy atom. The quantitative estimate of drug-likeness (QED) is 0.107. The van der Waals surface area contributed by atoms with Crippen molar-refractivity contribution in [3.05, 3.63) is 399 Å². The average Bonchev–Trinajstić information content (AvgIpc) is 1.58. The lowest BCUT2D eigenvalue weighted by molar-refractivity contribution is 0.661. The van der Waals surface area contributed by atoms with Crippen LogP contribution in [0.4, 0.5) is 34.1 Å². The number of hydrogen-bond donors (Lipinski definition) is 0. The van der Waals surface area contributed by atoms with Gasteiger partial charge in [-0.15, -0.1) is 0 Å². The van der Waals surface area contributed by atoms with Gasteiger partial charge in [0, 0.05) is 33.7 Å². The SMILES string of the molecule is CC1(C)c2ccccc2-c2cccc(N(c3cccc(-c4cccc5c(-c6cccc7c(-c8ccc(N(c9cccc(-c%10ccccc%10-c%10ccccc%10)c9)c9cccc(-c%10cccc%11ccccc%10%11)c9)cc8)cccc67)cccc45)c3)c3ccccc3-c3ccc(-c4ccccc4)cc3)c21. The number of fused-ring (bicyclic) bond motifs is 6. The summed E-state index contributed by atoms with van der Waals surface area (Å²) >= 11 is 0. The van der Waals surface area contributed by atoms with Gasteiger partial charge in [-0.3, -0.25) is 0 Å². The van der Waals surface area contributed by atoms with E-state index in [4.69, 9.17) is 0 Å². The summed E-state index contributed by atoms with van der Waals surface area (Å²) in [5, 5.41) is 7.27. The number of benzene rings is 17. The van der Waals surface area contributed by atoms with Gasteiger partial charge in [0.15, 0.2) is 0 Å². The van der Waals surface area contributed by atoms with E-state index >= 15 is 0 Å². The molecule has 0 heterocycles. The van der Waals surface area contributed by atoms with Gasteiger partial charge in [0.1, 0.15) is 0 Å². The van der Waals surface area contributed by atoms with E-state index in [1.807, 2.05) is 0 Å². The summed E-state index contributed by atoms with van der Waals surface area (Å²) in [6.45, 7) is 4.78. The normalized spacial score (nSPS) is 12.1. The van der Waals surface area contributed by atoms with E-state index in [-0.39, 0.29) is 5.41 Å². The summed E-state index contributed by atoms with van der Waals surface area (Å²) in [5.74, 6) is 0. The van der Waals surface area contributed by atoms with E-state index in [9.17, 15) is 0 Å². The van der Waals surface area contributed by atoms with Crippen molar-refractivity contribution in [3.63, 3.8) is 0 Å². The van der Waals surface area contributed by atoms with Gasteiger partial charge in [0.2, 0.25) is 0 Å². The van der Waals surface area contributed by atoms with Gasteiger partial charge < -0.3 is 9.80 Å². The third kappa shape index (κ3) is 10.9. The van der Waals surface area contributed by atoms with Crippen LogP contribution in [0.1, 0.15) is 25.0 Å². The third-order valence-corrected chi connectivity index (χ3v) is 20.9. The Morgan fingerprint density at radius 3 is 1.15 bits per heavy atom. The summed E-state index contributed by atoms with van der Waals surface area (Å²) in [5.41, 5.74) is 30.5. The van der Waals surface area contributed by atoms with E-state index in [0.29, 0.717) is 0 Å². The van der Waals surface area contributed by atoms with Gasteiger partial charge in [-0.25, -0.2) is 0 Å². The Morgan fingerprint density at radius 2 is 0.525 bits per heavy atom. The predicted molar refractivity (Wildman–Crippen MR) is 429 cm³/mol. The second-order valence-electron chi connectivity index (χ2n) is 27.1. The van der Waals surface area contributed by atoms with Gasteiger partial charge in [-0.1, -0.05) is 341 Å². The molecular formula is C99H70N2. The number of para-hydroxylation sites is 1. The molecule has 0 saturated carbocycles. The molecule has 2 heteroatoms. The standard InChI is InChI=1S/C99H70N2/c1-99(2)95-53-15-13-42-93(95)94-52-25-55-97(98(94)99)101(96-54-16-14-41-86(96)72-58-56-68(57-59-72)67-26-5-3-6-27-67)79-37-19-34-75(66-79)85-45-22-49-90-88(85)47-24-51-92(90)91-50-23-46-87-82(44-21-48-89(87)91)71-60-62-76(63-61-71)100(78-36-18-33-74(65-78)84-43-20-31-70-30-9-10-38-81(70)84)77-35-17-32-73(64-77)83-40-12-11-39-80(83)69-28-7-4-8-29-69/h3-66H,1-2H3. The maximum absolute atomic E-state index is 2.53. The van der Waals surface area contributed by atoms with Crippen molar-refractivity contribution in [3.8, 4) is 100 Å². The molecule has 17 aromatic rings. The first-order valence-corrected chi connectivity index (χ1v) is 35.0. The largest absolute Gasteiger partial charge is 0.310 e. The fraction of sp³-hybridized carbons (Fsp3) is 0.0303. The van der Waals surface area contributed by atoms with Crippen molar-refractivity contribution in [1.82, 2.24) is 0 Å². The molecule has 1 aliphatic carbocycles. The summed E-state index contributed by atoms with van der Waals surface area (Å²) in [7, 11) is 0. The maximum Gasteiger partial charge on any atom is 0.0540 e. The minimum Gasteiger partial charge on any atom is -0.310 e. The first-order chi connectivity index (χ1) is 49.9. The maximum atomic E-state index is 2.53. The molecule has 0 N–H and O–H groups in total. The van der Waals surface area contributed by atoms with E-state index in [0.717, 1.165) is 56.3 Å². The lowest BCUT2D eigenvalue weighted by Crippen LogP contribution is -2.21. The van der Waals surface area contributed by atoms with Crippen LogP contribution in [-0.2, 0) is 5.41 Å². The van der Waals surface area contributed by atoms with Gasteiger partial charge in [0.25, 0.3) is 0 Å². The van der Waals surface area contributed by atoms with Crippen LogP contribution in [0.3, 0.4) is 0 Å². The van der Waals surface area contributed by atoms with Gasteiger partial charge in [0.05, 0.1) is 11.4 Å². The Hall–Kier alpha value is -12.9. The monoisotopic (exact) mass is 1290 g/mol. The Bertz CT molecular complexity index is 5980. The van der Waals surface area contributed by atoms with E-state index in [2.05, 4.69) is 412 Å². The molecule has 0 unspecified atom stereocenters. The Labute approximate surface area is 591 Å². The van der Waals surface area contributed by atoms with Crippen molar-refractivity contribution in [2.75, 3.05) is 9.80 Å². The fourth-order valence-corrected chi connectivity index (χ4v) is 16.1. The van der Waals surface area contributed by atoms with Gasteiger partial charge >= 0.3 is 0 Å². The second-order valence-corrected chi connectivity index (χ2v) is 27.1. The number of rotatable bonds is 14. The highest BCUT2D eigenvalue weighted by Gasteiger charge is 2.39. The minimum absolute atomic E-state index is 0.259. The van der Waals surface area contributed by atoms with E-state index in [1.165, 1.54) is 121 Å². The van der Waals surface area contributed by atoms with Gasteiger partial charge in [-0.05, 0) is 199 Å². The van der Waals surface area contributed by atoms with Crippen LogP contribution in [0.25, 0.3) is 132 Å². The van der Waals surface area contributed by atoms with Crippen molar-refractivity contribution in [2.45, 2.75) is 19.3 Å². The molecule has 0 saturated heterocycles. The minimum atomic E-state index is -0.259. The van der Waals surface area contributed by atoms with Crippen LogP contribution in [0, 0.1) is 0 Å². The lowest BCUT2D eigenvalue weighted by Gasteiger charge is -2.33. The molecule has 0 radical (unpaired) electrons. The Kier molecular flexibility index (Phi) is 15.3. The second kappa shape index (κ2) is 25.5. The molecule has 476 valence electrons. The van der Waals surface area contributed by atoms with Crippen LogP contribution in [0.5, 0.6) is 0 Å². The molecule has 1 aliphatic rings. The highest BCUT2D eigenvalue weighted by atomic mass is 15.2. The average molecular weight is 1290 g/mol. The molecule has 17 aromatic carbocycles. The molecule has 0 bridgehead atoms. The zero-order valence-electron chi connectivity index (χ0n) is 56.3. The molecule has 0 aromatic heterocycles. The summed E-state index contributed by atoms with van der Waals surface area (Å²) in [4.78, 5) is 4.94. The van der Waals surface area contributed by atoms with Crippen LogP contribution >= 0.6 is 0 Å². The summed E-state index contributed by atoms with van der Waals surface area (Å²) in [6, 6.07) is 143. The molecule has 0 spiro atoms. The van der Waals surface area contributed by atoms with Crippen LogP contribution in [0.2, 0.25) is 0 Å². The predicted octanol–water partition coefficient (Wildman–Crippen LogP) is 27.7. The molecular weight excluding hydrogens is 1220 g/mol. The van der Waals surface area contributed by atoms with Gasteiger partial charge in [-0.2, -0.15) is 0 Å². The highest BCUT2D eigenvalue weighted by molar-refractivity contribution is 6.12. The van der Waals surface area contributed by atoms with Crippen LogP contribution in [-0.4, -0.2) is 0 Å². The smallest absolute Gasteiger partial charge is 0.0540 e. The molecule has 101 heavy (non-hydrogen) atoms. The molecule has 18 rings (SSSR count). The third-order valence-electron chi connectivity index (χ3n) is 20.9. The van der Waals surface area contributed by atoms with Crippen molar-refractivity contribution in [2.24, 2.45) is 0 Å². The fourth-order valence-electron chi connectivity index (χ4n) is 16.1. The topological polar surface area (TPSA) is 6.48 Å². The molecule has 0 atom stereocenters. The number of nitrogens with zero attached hydrogens (tertiary/aromatic N) is 2. The first-order valence-electron chi connectivity index (χ1n) is 35.0. The van der Waals surface area contributed by atoms with Crippen molar-refractivity contribution >= 4 is 66.4 Å². The molecule has 0 fully saturated rings. The zero-order valence-corrected chi connectivity index (χ0v) is 56.3. The van der Waals surface area contributed by atoms with Crippen molar-refractivity contribution < 1.29 is 0 Å². The van der Waals surface area contributed by atoms with Crippen LogP contribution < -0.4 is 9.80 Å². The van der Waals surface area contributed by atoms with E-state index in [1.54, 1.807) is 0 Å². The summed E-state index contributed by atoms with van der Waals surface area (Å²) < 4.78 is 0. The number of anilines is 6. The number of hydrogen-bond acceptors (Lipinski definition) is 2. The lowest BCUT2D eigenvalue weighted by atomic mass is 9.81. The van der Waals surface area contributed by atoms with E-state index < -0.39 is 0 Å². The summed E-state index contributed by atoms with van der Waals surface area (Å²) in [6.07, 6.45) is 0. The zero-order chi connectivity index (χ0) is 67.4. The molecule has 2 nitrogen and oxygen atoms in total. The Balaban J connectivity index is 0.721. The van der Waals surface area contributed by atoms with Crippen molar-refractivity contribution in [1.29, 1.82) is 0 Å². The molecule has 0 aliphatic heterocycles. The van der Waals surface area contributed by atoms with Crippen LogP contribution in [0.15, 0.2) is 388 Å². The first kappa shape index (κ1) is 60.5.